The summed E-state index contributed by atoms with van der Waals surface area (Å²) in [5.74, 6) is -1.89. The molecule has 4 nitrogen and oxygen atoms in total. The Bertz CT molecular complexity index is 3000. The second kappa shape index (κ2) is 10.9. The van der Waals surface area contributed by atoms with Crippen molar-refractivity contribution in [2.75, 3.05) is 0 Å². The minimum atomic E-state index is -0.958. The number of hydrogen-bond acceptors (Lipinski definition) is 2. The molecule has 2 aromatic heterocycles. The highest BCUT2D eigenvalue weighted by Crippen LogP contribution is 2.58. The fourth-order valence-corrected chi connectivity index (χ4v) is 8.69. The Labute approximate surface area is 296 Å². The Morgan fingerprint density at radius 3 is 1.85 bits per heavy atom. The summed E-state index contributed by atoms with van der Waals surface area (Å²) in [4.78, 5) is 28.0. The molecule has 10 rings (SSSR count). The van der Waals surface area contributed by atoms with Crippen molar-refractivity contribution in [3.63, 3.8) is 0 Å². The van der Waals surface area contributed by atoms with Gasteiger partial charge in [-0.1, -0.05) is 115 Å². The van der Waals surface area contributed by atoms with Gasteiger partial charge in [0, 0.05) is 0 Å². The topological polar surface area (TPSA) is 43.0 Å². The predicted molar refractivity (Wildman–Crippen MR) is 202 cm³/mol. The monoisotopic (exact) mass is 678 g/mol. The van der Waals surface area contributed by atoms with E-state index in [-0.39, 0.29) is 0 Å². The van der Waals surface area contributed by atoms with Crippen molar-refractivity contribution < 1.29 is 8.78 Å². The molecule has 0 N–H and O–H groups in total. The first-order chi connectivity index (χ1) is 25.4. The summed E-state index contributed by atoms with van der Waals surface area (Å²) in [6.45, 7) is 1.95. The third kappa shape index (κ3) is 3.94. The molecule has 0 aliphatic heterocycles. The van der Waals surface area contributed by atoms with Crippen LogP contribution in [0.15, 0.2) is 161 Å². The maximum Gasteiger partial charge on any atom is 0.282 e. The molecule has 0 spiro atoms. The van der Waals surface area contributed by atoms with Crippen molar-refractivity contribution in [2.45, 2.75) is 12.3 Å². The zero-order chi connectivity index (χ0) is 35.3. The van der Waals surface area contributed by atoms with Gasteiger partial charge in [0.15, 0.2) is 11.6 Å². The average molecular weight is 679 g/mol. The quantitative estimate of drug-likeness (QED) is 0.186. The zero-order valence-corrected chi connectivity index (χ0v) is 27.9. The largest absolute Gasteiger partial charge is 0.282 e. The van der Waals surface area contributed by atoms with Gasteiger partial charge in [-0.25, -0.2) is 13.3 Å². The lowest BCUT2D eigenvalue weighted by molar-refractivity contribution is 0.509. The van der Waals surface area contributed by atoms with E-state index in [4.69, 9.17) is 0 Å². The third-order valence-corrected chi connectivity index (χ3v) is 10.8. The lowest BCUT2D eigenvalue weighted by Crippen LogP contribution is -2.28. The van der Waals surface area contributed by atoms with E-state index in [0.717, 1.165) is 45.5 Å². The van der Waals surface area contributed by atoms with E-state index in [1.807, 2.05) is 25.1 Å². The van der Waals surface area contributed by atoms with Gasteiger partial charge in [-0.15, -0.1) is 0 Å². The van der Waals surface area contributed by atoms with E-state index in [9.17, 15) is 18.4 Å². The summed E-state index contributed by atoms with van der Waals surface area (Å²) in [6, 6.07) is 48.9. The molecule has 0 fully saturated rings. The van der Waals surface area contributed by atoms with E-state index in [1.54, 1.807) is 22.7 Å². The molecule has 2 heterocycles. The lowest BCUT2D eigenvalue weighted by atomic mass is 9.67. The zero-order valence-electron chi connectivity index (χ0n) is 27.9. The molecule has 0 amide bonds. The smallest absolute Gasteiger partial charge is 0.267 e. The predicted octanol–water partition coefficient (Wildman–Crippen LogP) is 9.79. The normalized spacial score (nSPS) is 13.2. The number of aromatic nitrogens is 2. The Hall–Kier alpha value is -6.66. The summed E-state index contributed by atoms with van der Waals surface area (Å²) in [7, 11) is 0. The molecule has 6 heteroatoms. The molecule has 0 saturated heterocycles. The standard InChI is InChI=1S/C46H28F2N2O2/c1-27-23-30(24-36-43(27)49-41-26-29(28-20-22-39(47)40(48)25-28)19-21-35(41)44(51)50(49)45(36)52)33-16-10-18-38-42(33)34-15-8-9-17-37(34)46(38,31-11-4-2-5-12-31)32-13-6-3-7-14-32/h2-26H,1H3. The molecule has 0 radical (unpaired) electrons. The fraction of sp³-hybridized carbons (Fsp3) is 0.0435. The Balaban J connectivity index is 1.24. The molecular weight excluding hydrogens is 651 g/mol. The highest BCUT2D eigenvalue weighted by atomic mass is 19.2. The highest BCUT2D eigenvalue weighted by molar-refractivity contribution is 5.99. The summed E-state index contributed by atoms with van der Waals surface area (Å²) in [5, 5.41) is 0.790. The van der Waals surface area contributed by atoms with E-state index < -0.39 is 28.2 Å². The van der Waals surface area contributed by atoms with Crippen molar-refractivity contribution in [1.82, 2.24) is 9.03 Å². The molecule has 52 heavy (non-hydrogen) atoms. The van der Waals surface area contributed by atoms with Crippen molar-refractivity contribution in [2.24, 2.45) is 0 Å². The third-order valence-electron chi connectivity index (χ3n) is 10.8. The van der Waals surface area contributed by atoms with Crippen LogP contribution in [0.1, 0.15) is 27.8 Å². The average Bonchev–Trinajstić information content (AvgIpc) is 3.77. The van der Waals surface area contributed by atoms with Gasteiger partial charge in [0.2, 0.25) is 0 Å². The second-order valence-corrected chi connectivity index (χ2v) is 13.5. The minimum absolute atomic E-state index is 0.365. The van der Waals surface area contributed by atoms with Crippen LogP contribution in [0.2, 0.25) is 0 Å². The van der Waals surface area contributed by atoms with Gasteiger partial charge in [0.25, 0.3) is 11.1 Å². The van der Waals surface area contributed by atoms with Gasteiger partial charge in [-0.2, -0.15) is 4.52 Å². The molecule has 7 aromatic carbocycles. The minimum Gasteiger partial charge on any atom is -0.267 e. The fourth-order valence-electron chi connectivity index (χ4n) is 8.69. The molecule has 0 saturated carbocycles. The van der Waals surface area contributed by atoms with E-state index in [0.29, 0.717) is 32.9 Å². The van der Waals surface area contributed by atoms with Gasteiger partial charge in [-0.05, 0) is 105 Å². The maximum atomic E-state index is 14.2. The number of nitrogens with zero attached hydrogens (tertiary/aromatic N) is 2. The Kier molecular flexibility index (Phi) is 6.34. The van der Waals surface area contributed by atoms with Crippen molar-refractivity contribution in [1.29, 1.82) is 0 Å². The van der Waals surface area contributed by atoms with Crippen LogP contribution >= 0.6 is 0 Å². The molecule has 0 atom stereocenters. The summed E-state index contributed by atoms with van der Waals surface area (Å²) < 4.78 is 30.8. The Morgan fingerprint density at radius 1 is 0.500 bits per heavy atom. The molecular formula is C46H28F2N2O2. The highest BCUT2D eigenvalue weighted by Gasteiger charge is 2.46. The SMILES string of the molecule is Cc1cc(-c2cccc3c2-c2ccccc2C3(c2ccccc2)c2ccccc2)cc2c(=O)n3c(=O)c4ccc(-c5ccc(F)c(F)c5)cc4n3c12. The first-order valence-corrected chi connectivity index (χ1v) is 17.2. The molecule has 1 aliphatic carbocycles. The maximum absolute atomic E-state index is 14.2. The van der Waals surface area contributed by atoms with Gasteiger partial charge in [-0.3, -0.25) is 9.59 Å². The molecule has 248 valence electrons. The number of fused-ring (bicyclic) bond motifs is 8. The van der Waals surface area contributed by atoms with Crippen LogP contribution in [-0.2, 0) is 5.41 Å². The molecule has 0 unspecified atom stereocenters. The van der Waals surface area contributed by atoms with Crippen LogP contribution in [0.5, 0.6) is 0 Å². The van der Waals surface area contributed by atoms with Crippen molar-refractivity contribution in [3.05, 3.63) is 212 Å². The number of hydrogen-bond donors (Lipinski definition) is 0. The molecule has 1 aliphatic rings. The summed E-state index contributed by atoms with van der Waals surface area (Å²) in [6.07, 6.45) is 0. The number of rotatable bonds is 4. The Morgan fingerprint density at radius 2 is 1.12 bits per heavy atom. The van der Waals surface area contributed by atoms with E-state index in [1.165, 1.54) is 27.3 Å². The van der Waals surface area contributed by atoms with Crippen LogP contribution in [0.25, 0.3) is 55.2 Å². The number of benzene rings is 7. The van der Waals surface area contributed by atoms with Crippen LogP contribution in [-0.4, -0.2) is 9.03 Å². The van der Waals surface area contributed by atoms with Crippen molar-refractivity contribution in [3.8, 4) is 33.4 Å². The van der Waals surface area contributed by atoms with Gasteiger partial charge < -0.3 is 0 Å². The summed E-state index contributed by atoms with van der Waals surface area (Å²) >= 11 is 0. The second-order valence-electron chi connectivity index (χ2n) is 13.5. The van der Waals surface area contributed by atoms with Crippen LogP contribution in [0.4, 0.5) is 8.78 Å². The van der Waals surface area contributed by atoms with Crippen LogP contribution in [0, 0.1) is 18.6 Å². The number of aryl methyl sites for hydroxylation is 1. The van der Waals surface area contributed by atoms with Crippen LogP contribution < -0.4 is 11.1 Å². The van der Waals surface area contributed by atoms with E-state index >= 15 is 0 Å². The molecule has 9 aromatic rings. The van der Waals surface area contributed by atoms with Gasteiger partial charge in [0.1, 0.15) is 0 Å². The van der Waals surface area contributed by atoms with E-state index in [2.05, 4.69) is 97.1 Å². The van der Waals surface area contributed by atoms with Gasteiger partial charge in [0.05, 0.1) is 27.2 Å². The first-order valence-electron chi connectivity index (χ1n) is 17.2. The first kappa shape index (κ1) is 30.2. The van der Waals surface area contributed by atoms with Gasteiger partial charge >= 0.3 is 0 Å². The number of halogens is 2. The summed E-state index contributed by atoms with van der Waals surface area (Å²) in [5.41, 5.74) is 10.4. The molecule has 0 bridgehead atoms. The lowest BCUT2D eigenvalue weighted by Gasteiger charge is -2.34. The van der Waals surface area contributed by atoms with Crippen LogP contribution in [0.3, 0.4) is 0 Å². The van der Waals surface area contributed by atoms with Crippen molar-refractivity contribution >= 4 is 21.8 Å².